The molecule has 0 saturated carbocycles. The Bertz CT molecular complexity index is 1240. The van der Waals surface area contributed by atoms with E-state index in [4.69, 9.17) is 0 Å². The van der Waals surface area contributed by atoms with Crippen molar-refractivity contribution in [2.24, 2.45) is 0 Å². The van der Waals surface area contributed by atoms with Crippen molar-refractivity contribution >= 4 is 41.8 Å². The van der Waals surface area contributed by atoms with Crippen LogP contribution in [0, 0.1) is 0 Å². The first kappa shape index (κ1) is 22.5. The summed E-state index contributed by atoms with van der Waals surface area (Å²) in [5.74, 6) is 0. The Morgan fingerprint density at radius 1 is 0.483 bits per heavy atom. The summed E-state index contributed by atoms with van der Waals surface area (Å²) in [5, 5.41) is 2.46. The third-order valence-electron chi connectivity index (χ3n) is 4.04. The van der Waals surface area contributed by atoms with Crippen LogP contribution in [0.3, 0.4) is 0 Å². The Morgan fingerprint density at radius 3 is 1.14 bits per heavy atom. The number of benzene rings is 4. The second kappa shape index (κ2) is 8.71. The summed E-state index contributed by atoms with van der Waals surface area (Å²) in [4.78, 5) is -0.314. The van der Waals surface area contributed by atoms with Gasteiger partial charge in [-0.15, -0.1) is 0 Å². The molecule has 0 atom stereocenters. The first-order chi connectivity index (χ1) is 13.2. The van der Waals surface area contributed by atoms with E-state index in [9.17, 15) is 25.9 Å². The highest BCUT2D eigenvalue weighted by molar-refractivity contribution is 7.86. The lowest BCUT2D eigenvalue weighted by Crippen LogP contribution is -1.98. The molecule has 0 N–H and O–H groups in total. The normalized spacial score (nSPS) is 11.4. The van der Waals surface area contributed by atoms with E-state index in [1.165, 1.54) is 12.1 Å². The fourth-order valence-corrected chi connectivity index (χ4v) is 4.23. The maximum Gasteiger partial charge on any atom is 0.125 e. The molecule has 6 nitrogen and oxygen atoms in total. The zero-order chi connectivity index (χ0) is 20.4. The van der Waals surface area contributed by atoms with E-state index < -0.39 is 20.2 Å². The Morgan fingerprint density at radius 2 is 0.793 bits per heavy atom. The maximum absolute atomic E-state index is 10.9. The fraction of sp³-hybridized carbons (Fsp3) is 0.0476. The van der Waals surface area contributed by atoms with Gasteiger partial charge < -0.3 is 9.11 Å². The van der Waals surface area contributed by atoms with E-state index in [1.54, 1.807) is 72.8 Å². The van der Waals surface area contributed by atoms with Crippen molar-refractivity contribution in [1.29, 1.82) is 0 Å². The van der Waals surface area contributed by atoms with Crippen molar-refractivity contribution in [3.63, 3.8) is 0 Å². The molecule has 0 aliphatic carbocycles. The van der Waals surface area contributed by atoms with E-state index in [1.807, 2.05) is 0 Å². The molecule has 0 radical (unpaired) electrons. The van der Waals surface area contributed by atoms with Crippen LogP contribution >= 0.6 is 0 Å². The van der Waals surface area contributed by atoms with E-state index >= 15 is 0 Å². The predicted molar refractivity (Wildman–Crippen MR) is 111 cm³/mol. The fourth-order valence-electron chi connectivity index (χ4n) is 2.83. The topological polar surface area (TPSA) is 114 Å². The van der Waals surface area contributed by atoms with Gasteiger partial charge in [-0.3, -0.25) is 0 Å². The Labute approximate surface area is 169 Å². The number of hydrogen-bond acceptors (Lipinski definition) is 6. The van der Waals surface area contributed by atoms with Crippen LogP contribution in [0.1, 0.15) is 7.43 Å². The second-order valence-corrected chi connectivity index (χ2v) is 8.56. The Hall–Kier alpha value is -2.78. The highest BCUT2D eigenvalue weighted by atomic mass is 32.2. The molecule has 152 valence electrons. The molecule has 0 aliphatic rings. The van der Waals surface area contributed by atoms with Gasteiger partial charge in [0.05, 0.1) is 9.79 Å². The minimum atomic E-state index is -4.38. The molecular formula is C21H18O6S2-2. The van der Waals surface area contributed by atoms with Gasteiger partial charge in [0.15, 0.2) is 0 Å². The predicted octanol–water partition coefficient (Wildman–Crippen LogP) is 4.12. The van der Waals surface area contributed by atoms with Gasteiger partial charge in [-0.05, 0) is 33.7 Å². The van der Waals surface area contributed by atoms with Crippen molar-refractivity contribution in [2.45, 2.75) is 17.2 Å². The molecule has 0 fully saturated rings. The number of fused-ring (bicyclic) bond motifs is 2. The van der Waals surface area contributed by atoms with Crippen LogP contribution in [-0.4, -0.2) is 25.9 Å². The van der Waals surface area contributed by atoms with E-state index in [-0.39, 0.29) is 17.2 Å². The minimum Gasteiger partial charge on any atom is -0.744 e. The minimum absolute atomic E-state index is 0. The summed E-state index contributed by atoms with van der Waals surface area (Å²) in [5.41, 5.74) is 0. The Balaban J connectivity index is 0.000000200. The summed E-state index contributed by atoms with van der Waals surface area (Å²) < 4.78 is 65.3. The average molecular weight is 431 g/mol. The van der Waals surface area contributed by atoms with Crippen molar-refractivity contribution in [3.8, 4) is 0 Å². The SMILES string of the molecule is C.O=S(=O)([O-])c1cccc2ccccc12.O=S(=O)([O-])c1cccc2ccccc12. The third kappa shape index (κ3) is 5.18. The molecule has 0 aromatic heterocycles. The molecule has 8 heteroatoms. The molecule has 4 aromatic carbocycles. The lowest BCUT2D eigenvalue weighted by atomic mass is 10.1. The van der Waals surface area contributed by atoms with E-state index in [0.29, 0.717) is 10.8 Å². The molecule has 0 aliphatic heterocycles. The summed E-state index contributed by atoms with van der Waals surface area (Å²) in [7, 11) is -8.76. The van der Waals surface area contributed by atoms with Crippen LogP contribution in [0.25, 0.3) is 21.5 Å². The highest BCUT2D eigenvalue weighted by Crippen LogP contribution is 2.23. The molecule has 0 unspecified atom stereocenters. The van der Waals surface area contributed by atoms with Crippen molar-refractivity contribution in [2.75, 3.05) is 0 Å². The average Bonchev–Trinajstić information content (AvgIpc) is 2.66. The number of hydrogen-bond donors (Lipinski definition) is 0. The van der Waals surface area contributed by atoms with Gasteiger partial charge in [-0.1, -0.05) is 80.2 Å². The zero-order valence-electron chi connectivity index (χ0n) is 14.3. The molecular weight excluding hydrogens is 412 g/mol. The number of rotatable bonds is 2. The van der Waals surface area contributed by atoms with Gasteiger partial charge >= 0.3 is 0 Å². The van der Waals surface area contributed by atoms with Crippen LogP contribution < -0.4 is 0 Å². The molecule has 0 spiro atoms. The van der Waals surface area contributed by atoms with Crippen LogP contribution in [0.4, 0.5) is 0 Å². The molecule has 0 saturated heterocycles. The smallest absolute Gasteiger partial charge is 0.125 e. The summed E-state index contributed by atoms with van der Waals surface area (Å²) in [6.45, 7) is 0. The van der Waals surface area contributed by atoms with Gasteiger partial charge in [-0.25, -0.2) is 16.8 Å². The highest BCUT2D eigenvalue weighted by Gasteiger charge is 2.06. The first-order valence-corrected chi connectivity index (χ1v) is 10.9. The molecule has 4 rings (SSSR count). The molecule has 29 heavy (non-hydrogen) atoms. The van der Waals surface area contributed by atoms with E-state index in [2.05, 4.69) is 0 Å². The van der Waals surface area contributed by atoms with Crippen LogP contribution in [0.15, 0.2) is 94.7 Å². The second-order valence-electron chi connectivity index (χ2n) is 5.86. The maximum atomic E-state index is 10.9. The van der Waals surface area contributed by atoms with Crippen LogP contribution in [0.5, 0.6) is 0 Å². The standard InChI is InChI=1S/2C10H8O3S.CH4/c2*11-14(12,13)10-7-3-5-8-4-1-2-6-9(8)10;/h2*1-7H,(H,11,12,13);1H4/p-2. The largest absolute Gasteiger partial charge is 0.744 e. The van der Waals surface area contributed by atoms with Crippen LogP contribution in [-0.2, 0) is 20.2 Å². The van der Waals surface area contributed by atoms with Crippen molar-refractivity contribution in [1.82, 2.24) is 0 Å². The molecule has 4 aromatic rings. The molecule has 0 heterocycles. The van der Waals surface area contributed by atoms with Crippen molar-refractivity contribution < 1.29 is 25.9 Å². The lowest BCUT2D eigenvalue weighted by molar-refractivity contribution is 0.462. The van der Waals surface area contributed by atoms with Gasteiger partial charge in [0.25, 0.3) is 0 Å². The Kier molecular flexibility index (Phi) is 6.76. The van der Waals surface area contributed by atoms with Gasteiger partial charge in [0.1, 0.15) is 20.2 Å². The third-order valence-corrected chi connectivity index (χ3v) is 5.83. The summed E-state index contributed by atoms with van der Waals surface area (Å²) in [6.07, 6.45) is 0. The zero-order valence-corrected chi connectivity index (χ0v) is 16.0. The quantitative estimate of drug-likeness (QED) is 0.442. The van der Waals surface area contributed by atoms with Gasteiger partial charge in [0, 0.05) is 0 Å². The van der Waals surface area contributed by atoms with Gasteiger partial charge in [-0.2, -0.15) is 0 Å². The summed E-state index contributed by atoms with van der Waals surface area (Å²) in [6, 6.07) is 23.1. The van der Waals surface area contributed by atoms with Crippen LogP contribution in [0.2, 0.25) is 0 Å². The summed E-state index contributed by atoms with van der Waals surface area (Å²) >= 11 is 0. The monoisotopic (exact) mass is 430 g/mol. The van der Waals surface area contributed by atoms with Gasteiger partial charge in [0.2, 0.25) is 0 Å². The molecule has 0 amide bonds. The van der Waals surface area contributed by atoms with Crippen molar-refractivity contribution in [3.05, 3.63) is 84.9 Å². The first-order valence-electron chi connectivity index (χ1n) is 8.05. The lowest BCUT2D eigenvalue weighted by Gasteiger charge is -2.09. The van der Waals surface area contributed by atoms with E-state index in [0.717, 1.165) is 10.8 Å². The molecule has 0 bridgehead atoms.